The van der Waals surface area contributed by atoms with Gasteiger partial charge in [0.2, 0.25) is 0 Å². The van der Waals surface area contributed by atoms with E-state index < -0.39 is 0 Å². The maximum atomic E-state index is 6.01. The molecule has 1 atom stereocenters. The number of hydrogen-bond donors (Lipinski definition) is 1. The second-order valence-electron chi connectivity index (χ2n) is 6.58. The highest BCUT2D eigenvalue weighted by Gasteiger charge is 2.20. The van der Waals surface area contributed by atoms with Crippen LogP contribution in [0.25, 0.3) is 0 Å². The van der Waals surface area contributed by atoms with Gasteiger partial charge in [-0.15, -0.1) is 0 Å². The molecule has 5 nitrogen and oxygen atoms in total. The Balaban J connectivity index is 1.45. The second kappa shape index (κ2) is 8.81. The fourth-order valence-electron chi connectivity index (χ4n) is 2.95. The Morgan fingerprint density at radius 1 is 1.12 bits per heavy atom. The van der Waals surface area contributed by atoms with E-state index in [1.54, 1.807) is 7.11 Å². The lowest BCUT2D eigenvalue weighted by molar-refractivity contribution is 0.0897. The zero-order valence-electron chi connectivity index (χ0n) is 15.7. The Morgan fingerprint density at radius 2 is 1.92 bits per heavy atom. The van der Waals surface area contributed by atoms with Crippen molar-refractivity contribution < 1.29 is 18.9 Å². The minimum Gasteiger partial charge on any atom is -0.493 e. The van der Waals surface area contributed by atoms with Gasteiger partial charge in [0.15, 0.2) is 23.0 Å². The molecule has 140 valence electrons. The van der Waals surface area contributed by atoms with Crippen LogP contribution >= 0.6 is 0 Å². The number of hydrogen-bond acceptors (Lipinski definition) is 5. The van der Waals surface area contributed by atoms with E-state index in [2.05, 4.69) is 25.2 Å². The molecule has 0 amide bonds. The molecule has 0 saturated heterocycles. The molecule has 2 aromatic rings. The topological polar surface area (TPSA) is 49.0 Å². The third-order valence-electron chi connectivity index (χ3n) is 4.32. The summed E-state index contributed by atoms with van der Waals surface area (Å²) in [6.45, 7) is 6.84. The molecule has 0 aliphatic carbocycles. The highest BCUT2D eigenvalue weighted by molar-refractivity contribution is 5.48. The minimum atomic E-state index is 0.00221. The molecule has 0 bridgehead atoms. The van der Waals surface area contributed by atoms with Gasteiger partial charge >= 0.3 is 0 Å². The molecular formula is C21H27NO4. The van der Waals surface area contributed by atoms with Gasteiger partial charge in [-0.25, -0.2) is 0 Å². The molecule has 0 radical (unpaired) electrons. The molecule has 1 aliphatic rings. The Morgan fingerprint density at radius 3 is 2.69 bits per heavy atom. The zero-order chi connectivity index (χ0) is 18.4. The fourth-order valence-corrected chi connectivity index (χ4v) is 2.95. The maximum absolute atomic E-state index is 6.01. The second-order valence-corrected chi connectivity index (χ2v) is 6.58. The van der Waals surface area contributed by atoms with Crippen LogP contribution in [0.4, 0.5) is 0 Å². The van der Waals surface area contributed by atoms with Gasteiger partial charge in [0.1, 0.15) is 19.3 Å². The first-order chi connectivity index (χ1) is 12.7. The summed E-state index contributed by atoms with van der Waals surface area (Å²) in [5.74, 6) is 3.59. The van der Waals surface area contributed by atoms with Gasteiger partial charge in [0.05, 0.1) is 7.11 Å². The van der Waals surface area contributed by atoms with E-state index in [1.807, 2.05) is 36.4 Å². The monoisotopic (exact) mass is 357 g/mol. The van der Waals surface area contributed by atoms with Crippen molar-refractivity contribution in [1.29, 1.82) is 0 Å². The molecule has 0 spiro atoms. The summed E-state index contributed by atoms with van der Waals surface area (Å²) in [4.78, 5) is 0. The van der Waals surface area contributed by atoms with E-state index in [0.717, 1.165) is 35.1 Å². The number of methoxy groups -OCH3 is 1. The van der Waals surface area contributed by atoms with Crippen molar-refractivity contribution in [2.24, 2.45) is 0 Å². The van der Waals surface area contributed by atoms with Crippen molar-refractivity contribution >= 4 is 0 Å². The van der Waals surface area contributed by atoms with Crippen LogP contribution in [0.15, 0.2) is 42.5 Å². The van der Waals surface area contributed by atoms with Crippen LogP contribution in [0.5, 0.6) is 23.0 Å². The molecule has 0 fully saturated rings. The smallest absolute Gasteiger partial charge is 0.164 e. The predicted molar refractivity (Wildman–Crippen MR) is 102 cm³/mol. The molecule has 26 heavy (non-hydrogen) atoms. The largest absolute Gasteiger partial charge is 0.493 e. The maximum Gasteiger partial charge on any atom is 0.164 e. The summed E-state index contributed by atoms with van der Waals surface area (Å²) in [5, 5.41) is 3.37. The van der Waals surface area contributed by atoms with Crippen molar-refractivity contribution in [2.75, 3.05) is 33.4 Å². The van der Waals surface area contributed by atoms with Crippen LogP contribution in [0.2, 0.25) is 0 Å². The molecule has 3 rings (SSSR count). The van der Waals surface area contributed by atoms with Crippen LogP contribution in [-0.4, -0.2) is 39.5 Å². The first kappa shape index (κ1) is 18.4. The number of benzene rings is 2. The average Bonchev–Trinajstić information content (AvgIpc) is 2.67. The van der Waals surface area contributed by atoms with Gasteiger partial charge in [-0.05, 0) is 24.1 Å². The van der Waals surface area contributed by atoms with Crippen molar-refractivity contribution in [1.82, 2.24) is 5.32 Å². The lowest BCUT2D eigenvalue weighted by Gasteiger charge is -2.26. The van der Waals surface area contributed by atoms with Crippen molar-refractivity contribution in [3.05, 3.63) is 48.0 Å². The highest BCUT2D eigenvalue weighted by atomic mass is 16.6. The quantitative estimate of drug-likeness (QED) is 0.731. The molecule has 0 saturated carbocycles. The van der Waals surface area contributed by atoms with Gasteiger partial charge in [-0.2, -0.15) is 0 Å². The summed E-state index contributed by atoms with van der Waals surface area (Å²) < 4.78 is 23.1. The van der Waals surface area contributed by atoms with Gasteiger partial charge in [0.25, 0.3) is 0 Å². The molecule has 0 aromatic heterocycles. The first-order valence-electron chi connectivity index (χ1n) is 9.08. The fraction of sp³-hybridized carbons (Fsp3) is 0.429. The number of ether oxygens (including phenoxy) is 4. The van der Waals surface area contributed by atoms with E-state index in [4.69, 9.17) is 18.9 Å². The van der Waals surface area contributed by atoms with Crippen LogP contribution in [0.3, 0.4) is 0 Å². The minimum absolute atomic E-state index is 0.00221. The van der Waals surface area contributed by atoms with Crippen LogP contribution < -0.4 is 24.3 Å². The lowest BCUT2D eigenvalue weighted by Crippen LogP contribution is -2.39. The van der Waals surface area contributed by atoms with Gasteiger partial charge in [0, 0.05) is 18.7 Å². The highest BCUT2D eigenvalue weighted by Crippen LogP contribution is 2.35. The Labute approximate surface area is 155 Å². The van der Waals surface area contributed by atoms with Crippen LogP contribution in [0.1, 0.15) is 25.3 Å². The van der Waals surface area contributed by atoms with E-state index in [1.165, 1.54) is 0 Å². The lowest BCUT2D eigenvalue weighted by atomic mass is 10.0. The van der Waals surface area contributed by atoms with Crippen molar-refractivity contribution in [2.45, 2.75) is 25.9 Å². The van der Waals surface area contributed by atoms with Crippen LogP contribution in [-0.2, 0) is 0 Å². The summed E-state index contributed by atoms with van der Waals surface area (Å²) >= 11 is 0. The van der Waals surface area contributed by atoms with E-state index in [0.29, 0.717) is 25.7 Å². The molecule has 5 heteroatoms. The van der Waals surface area contributed by atoms with Gasteiger partial charge in [-0.3, -0.25) is 0 Å². The van der Waals surface area contributed by atoms with E-state index in [-0.39, 0.29) is 6.10 Å². The summed E-state index contributed by atoms with van der Waals surface area (Å²) in [5.41, 5.74) is 1.16. The van der Waals surface area contributed by atoms with Gasteiger partial charge < -0.3 is 24.3 Å². The number of para-hydroxylation sites is 3. The zero-order valence-corrected chi connectivity index (χ0v) is 15.7. The summed E-state index contributed by atoms with van der Waals surface area (Å²) in [6, 6.07) is 13.8. The molecule has 1 N–H and O–H groups in total. The van der Waals surface area contributed by atoms with E-state index in [9.17, 15) is 0 Å². The molecule has 0 unspecified atom stereocenters. The number of fused-ring (bicyclic) bond motifs is 1. The van der Waals surface area contributed by atoms with E-state index >= 15 is 0 Å². The Kier molecular flexibility index (Phi) is 6.23. The Bertz CT molecular complexity index is 717. The SMILES string of the molecule is COc1cccc(C(C)C)c1OCCNC[C@@H]1COc2ccccc2O1. The number of nitrogens with one attached hydrogen (secondary N) is 1. The molecular weight excluding hydrogens is 330 g/mol. The Hall–Kier alpha value is -2.40. The summed E-state index contributed by atoms with van der Waals surface area (Å²) in [6.07, 6.45) is 0.00221. The predicted octanol–water partition coefficient (Wildman–Crippen LogP) is 3.63. The number of rotatable bonds is 8. The normalized spacial score (nSPS) is 15.8. The van der Waals surface area contributed by atoms with Crippen molar-refractivity contribution in [3.63, 3.8) is 0 Å². The molecule has 1 heterocycles. The molecule has 2 aromatic carbocycles. The van der Waals surface area contributed by atoms with Gasteiger partial charge in [-0.1, -0.05) is 38.1 Å². The third-order valence-corrected chi connectivity index (χ3v) is 4.32. The first-order valence-corrected chi connectivity index (χ1v) is 9.08. The van der Waals surface area contributed by atoms with Crippen LogP contribution in [0, 0.1) is 0 Å². The molecule has 1 aliphatic heterocycles. The van der Waals surface area contributed by atoms with Crippen molar-refractivity contribution in [3.8, 4) is 23.0 Å². The third kappa shape index (κ3) is 4.41. The average molecular weight is 357 g/mol. The summed E-state index contributed by atoms with van der Waals surface area (Å²) in [7, 11) is 1.67. The standard InChI is InChI=1S/C21H27NO4/c1-15(2)17-7-6-10-20(23-3)21(17)24-12-11-22-13-16-14-25-18-8-4-5-9-19(18)26-16/h4-10,15-16,22H,11-14H2,1-3H3/t16-/m1/s1.